The van der Waals surface area contributed by atoms with Crippen LogP contribution in [0.15, 0.2) is 66.9 Å². The van der Waals surface area contributed by atoms with E-state index in [1.165, 1.54) is 6.08 Å². The normalized spacial score (nSPS) is 10.9. The van der Waals surface area contributed by atoms with Crippen LogP contribution < -0.4 is 5.32 Å². The molecule has 1 heterocycles. The van der Waals surface area contributed by atoms with Crippen molar-refractivity contribution in [2.24, 2.45) is 0 Å². The molecule has 0 spiro atoms. The fraction of sp³-hybridized carbons (Fsp3) is 0.143. The number of benzene rings is 2. The molecule has 0 atom stereocenters. The topological polar surface area (TPSA) is 71.2 Å². The summed E-state index contributed by atoms with van der Waals surface area (Å²) >= 11 is 0. The number of para-hydroxylation sites is 1. The van der Waals surface area contributed by atoms with Crippen molar-refractivity contribution in [2.75, 3.05) is 13.2 Å². The summed E-state index contributed by atoms with van der Waals surface area (Å²) in [6.45, 7) is 0.198. The highest BCUT2D eigenvalue weighted by Crippen LogP contribution is 2.17. The molecule has 2 aromatic carbocycles. The maximum Gasteiger partial charge on any atom is 0.331 e. The van der Waals surface area contributed by atoms with Gasteiger partial charge in [-0.1, -0.05) is 48.5 Å². The third kappa shape index (κ3) is 4.83. The number of amides is 1. The number of aromatic amines is 1. The lowest BCUT2D eigenvalue weighted by molar-refractivity contribution is -0.143. The van der Waals surface area contributed by atoms with Crippen molar-refractivity contribution in [3.8, 4) is 0 Å². The first-order valence-corrected chi connectivity index (χ1v) is 8.44. The average molecular weight is 348 g/mol. The minimum atomic E-state index is -0.541. The van der Waals surface area contributed by atoms with Crippen molar-refractivity contribution in [3.63, 3.8) is 0 Å². The van der Waals surface area contributed by atoms with Gasteiger partial charge in [0.1, 0.15) is 0 Å². The zero-order chi connectivity index (χ0) is 18.2. The van der Waals surface area contributed by atoms with Crippen LogP contribution in [0.25, 0.3) is 17.0 Å². The fourth-order valence-corrected chi connectivity index (χ4v) is 2.64. The van der Waals surface area contributed by atoms with E-state index in [4.69, 9.17) is 4.74 Å². The second-order valence-corrected chi connectivity index (χ2v) is 5.81. The lowest BCUT2D eigenvalue weighted by atomic mass is 10.1. The van der Waals surface area contributed by atoms with Crippen molar-refractivity contribution >= 4 is 28.9 Å². The fourth-order valence-electron chi connectivity index (χ4n) is 2.64. The van der Waals surface area contributed by atoms with Crippen molar-refractivity contribution in [1.29, 1.82) is 0 Å². The van der Waals surface area contributed by atoms with Crippen molar-refractivity contribution in [2.45, 2.75) is 6.42 Å². The number of hydrogen-bond donors (Lipinski definition) is 2. The van der Waals surface area contributed by atoms with Gasteiger partial charge in [0, 0.05) is 29.7 Å². The molecule has 0 radical (unpaired) electrons. The Labute approximate surface area is 151 Å². The summed E-state index contributed by atoms with van der Waals surface area (Å²) in [5, 5.41) is 3.91. The molecule has 26 heavy (non-hydrogen) atoms. The van der Waals surface area contributed by atoms with E-state index in [1.807, 2.05) is 60.8 Å². The Morgan fingerprint density at radius 1 is 1.04 bits per heavy atom. The van der Waals surface area contributed by atoms with E-state index in [-0.39, 0.29) is 12.5 Å². The molecule has 0 saturated carbocycles. The molecule has 5 nitrogen and oxygen atoms in total. The Bertz CT molecular complexity index is 913. The van der Waals surface area contributed by atoms with Crippen LogP contribution >= 0.6 is 0 Å². The Kier molecular flexibility index (Phi) is 5.83. The van der Waals surface area contributed by atoms with Crippen LogP contribution in [0.3, 0.4) is 0 Å². The summed E-state index contributed by atoms with van der Waals surface area (Å²) in [6.07, 6.45) is 5.62. The predicted octanol–water partition coefficient (Wildman–Crippen LogP) is 3.08. The van der Waals surface area contributed by atoms with Gasteiger partial charge in [0.25, 0.3) is 5.91 Å². The number of H-pyrrole nitrogens is 1. The van der Waals surface area contributed by atoms with Crippen LogP contribution in [-0.2, 0) is 20.7 Å². The van der Waals surface area contributed by atoms with Crippen molar-refractivity contribution in [1.82, 2.24) is 10.3 Å². The molecule has 0 aliphatic rings. The molecular weight excluding hydrogens is 328 g/mol. The van der Waals surface area contributed by atoms with Crippen LogP contribution in [0.5, 0.6) is 0 Å². The predicted molar refractivity (Wildman–Crippen MR) is 101 cm³/mol. The van der Waals surface area contributed by atoms with E-state index in [0.29, 0.717) is 13.0 Å². The summed E-state index contributed by atoms with van der Waals surface area (Å²) in [5.74, 6) is -0.855. The number of ether oxygens (including phenoxy) is 1. The van der Waals surface area contributed by atoms with Crippen molar-refractivity contribution < 1.29 is 14.3 Å². The largest absolute Gasteiger partial charge is 0.452 e. The molecule has 1 amide bonds. The van der Waals surface area contributed by atoms with Gasteiger partial charge >= 0.3 is 5.97 Å². The summed E-state index contributed by atoms with van der Waals surface area (Å²) in [7, 11) is 0. The summed E-state index contributed by atoms with van der Waals surface area (Å²) in [5.41, 5.74) is 3.12. The monoisotopic (exact) mass is 348 g/mol. The van der Waals surface area contributed by atoms with E-state index in [1.54, 1.807) is 6.08 Å². The van der Waals surface area contributed by atoms with Gasteiger partial charge in [-0.15, -0.1) is 0 Å². The first kappa shape index (κ1) is 17.5. The smallest absolute Gasteiger partial charge is 0.331 e. The average Bonchev–Trinajstić information content (AvgIpc) is 3.09. The zero-order valence-electron chi connectivity index (χ0n) is 14.3. The molecule has 0 bridgehead atoms. The van der Waals surface area contributed by atoms with Crippen LogP contribution in [0.1, 0.15) is 11.1 Å². The third-order valence-corrected chi connectivity index (χ3v) is 3.95. The second-order valence-electron chi connectivity index (χ2n) is 5.81. The molecule has 0 fully saturated rings. The first-order valence-electron chi connectivity index (χ1n) is 8.44. The molecule has 3 aromatic rings. The van der Waals surface area contributed by atoms with E-state index in [0.717, 1.165) is 22.0 Å². The molecule has 0 unspecified atom stereocenters. The number of carbonyl (C=O) groups excluding carboxylic acids is 2. The number of nitrogens with one attached hydrogen (secondary N) is 2. The van der Waals surface area contributed by atoms with Gasteiger partial charge in [0.2, 0.25) is 0 Å². The highest BCUT2D eigenvalue weighted by atomic mass is 16.5. The molecule has 5 heteroatoms. The second kappa shape index (κ2) is 8.67. The summed E-state index contributed by atoms with van der Waals surface area (Å²) in [4.78, 5) is 26.6. The molecule has 2 N–H and O–H groups in total. The van der Waals surface area contributed by atoms with Crippen LogP contribution in [-0.4, -0.2) is 30.0 Å². The molecule has 1 aromatic heterocycles. The van der Waals surface area contributed by atoms with Crippen LogP contribution in [0.2, 0.25) is 0 Å². The lowest BCUT2D eigenvalue weighted by Gasteiger charge is -2.05. The van der Waals surface area contributed by atoms with E-state index >= 15 is 0 Å². The third-order valence-electron chi connectivity index (χ3n) is 3.95. The Balaban J connectivity index is 1.39. The summed E-state index contributed by atoms with van der Waals surface area (Å²) in [6, 6.07) is 17.4. The number of fused-ring (bicyclic) bond motifs is 1. The minimum Gasteiger partial charge on any atom is -0.452 e. The molecule has 3 rings (SSSR count). The number of esters is 1. The lowest BCUT2D eigenvalue weighted by Crippen LogP contribution is -2.30. The Morgan fingerprint density at radius 2 is 1.81 bits per heavy atom. The molecular formula is C21H20N2O3. The van der Waals surface area contributed by atoms with Gasteiger partial charge < -0.3 is 15.0 Å². The maximum atomic E-state index is 11.8. The van der Waals surface area contributed by atoms with E-state index in [2.05, 4.69) is 10.3 Å². The van der Waals surface area contributed by atoms with E-state index in [9.17, 15) is 9.59 Å². The molecule has 0 saturated heterocycles. The van der Waals surface area contributed by atoms with E-state index < -0.39 is 5.97 Å². The number of carbonyl (C=O) groups is 2. The van der Waals surface area contributed by atoms with Crippen LogP contribution in [0.4, 0.5) is 0 Å². The van der Waals surface area contributed by atoms with Crippen LogP contribution in [0, 0.1) is 0 Å². The first-order chi connectivity index (χ1) is 12.7. The van der Waals surface area contributed by atoms with Gasteiger partial charge in [0.15, 0.2) is 6.61 Å². The number of rotatable bonds is 7. The minimum absolute atomic E-state index is 0.286. The Hall–Kier alpha value is -3.34. The van der Waals surface area contributed by atoms with Gasteiger partial charge in [-0.3, -0.25) is 4.79 Å². The maximum absolute atomic E-state index is 11.8. The van der Waals surface area contributed by atoms with Gasteiger partial charge in [-0.2, -0.15) is 0 Å². The molecule has 0 aliphatic carbocycles. The van der Waals surface area contributed by atoms with Gasteiger partial charge in [0.05, 0.1) is 0 Å². The highest BCUT2D eigenvalue weighted by molar-refractivity contribution is 5.89. The number of aromatic nitrogens is 1. The highest BCUT2D eigenvalue weighted by Gasteiger charge is 2.06. The summed E-state index contributed by atoms with van der Waals surface area (Å²) < 4.78 is 4.94. The quantitative estimate of drug-likeness (QED) is 0.509. The SMILES string of the molecule is O=C(COC(=O)/C=C/c1ccccc1)NCCc1c[nH]c2ccccc12. The van der Waals surface area contributed by atoms with Gasteiger partial charge in [-0.05, 0) is 29.7 Å². The zero-order valence-corrected chi connectivity index (χ0v) is 14.3. The molecule has 0 aliphatic heterocycles. The standard InChI is InChI=1S/C21H20N2O3/c24-20(15-26-21(25)11-10-16-6-2-1-3-7-16)22-13-12-17-14-23-19-9-5-4-8-18(17)19/h1-11,14,23H,12-13,15H2,(H,22,24)/b11-10+. The molecule has 132 valence electrons. The Morgan fingerprint density at radius 3 is 2.65 bits per heavy atom. The van der Waals surface area contributed by atoms with Gasteiger partial charge in [-0.25, -0.2) is 4.79 Å². The van der Waals surface area contributed by atoms with Crippen molar-refractivity contribution in [3.05, 3.63) is 78.0 Å². The number of hydrogen-bond acceptors (Lipinski definition) is 3.